The molecule has 0 aromatic heterocycles. The van der Waals surface area contributed by atoms with Gasteiger partial charge >= 0.3 is 0 Å². The van der Waals surface area contributed by atoms with Crippen molar-refractivity contribution in [2.24, 2.45) is 0 Å². The summed E-state index contributed by atoms with van der Waals surface area (Å²) in [5, 5.41) is 0. The predicted octanol–water partition coefficient (Wildman–Crippen LogP) is 19.9. The van der Waals surface area contributed by atoms with Crippen LogP contribution < -0.4 is 9.80 Å². The normalized spacial score (nSPS) is 14.1. The number of hydrogen-bond donors (Lipinski definition) is 0. The predicted molar refractivity (Wildman–Crippen MR) is 321 cm³/mol. The minimum Gasteiger partial charge on any atom is -0.310 e. The van der Waals surface area contributed by atoms with Crippen molar-refractivity contribution in [3.8, 4) is 44.5 Å². The summed E-state index contributed by atoms with van der Waals surface area (Å²) in [6, 6.07) is 102. The van der Waals surface area contributed by atoms with Gasteiger partial charge in [-0.05, 0) is 122 Å². The number of para-hydroxylation sites is 1. The summed E-state index contributed by atoms with van der Waals surface area (Å²) in [4.78, 5) is 7.39. The lowest BCUT2D eigenvalue weighted by Gasteiger charge is -2.43. The maximum Gasteiger partial charge on any atom is 0.0756 e. The highest BCUT2D eigenvalue weighted by Gasteiger charge is 2.53. The van der Waals surface area contributed by atoms with Gasteiger partial charge in [0.1, 0.15) is 0 Å². The van der Waals surface area contributed by atoms with Gasteiger partial charge in [0.05, 0.1) is 22.5 Å². The van der Waals surface area contributed by atoms with Crippen LogP contribution in [0, 0.1) is 0 Å². The van der Waals surface area contributed by atoms with E-state index in [1.54, 1.807) is 0 Å². The average molecular weight is 989 g/mol. The second-order valence-corrected chi connectivity index (χ2v) is 20.3. The Labute approximate surface area is 450 Å². The third-order valence-electron chi connectivity index (χ3n) is 14.9. The molecule has 0 saturated carbocycles. The van der Waals surface area contributed by atoms with Crippen LogP contribution in [0.1, 0.15) is 27.8 Å². The van der Waals surface area contributed by atoms with Gasteiger partial charge in [-0.1, -0.05) is 261 Å². The van der Waals surface area contributed by atoms with Crippen LogP contribution in [0.3, 0.4) is 0 Å². The number of allylic oxidation sites excluding steroid dienone is 3. The van der Waals surface area contributed by atoms with Crippen molar-refractivity contribution >= 4 is 46.3 Å². The van der Waals surface area contributed by atoms with Crippen molar-refractivity contribution in [1.82, 2.24) is 0 Å². The van der Waals surface area contributed by atoms with Gasteiger partial charge < -0.3 is 9.80 Å². The summed E-state index contributed by atoms with van der Waals surface area (Å²) in [7, 11) is 0. The van der Waals surface area contributed by atoms with E-state index in [4.69, 9.17) is 0 Å². The molecule has 2 aliphatic rings. The fourth-order valence-electron chi connectivity index (χ4n) is 11.6. The van der Waals surface area contributed by atoms with Crippen LogP contribution in [-0.2, 0) is 5.41 Å². The molecule has 1 atom stereocenters. The van der Waals surface area contributed by atoms with E-state index >= 15 is 0 Å². The van der Waals surface area contributed by atoms with Crippen LogP contribution >= 0.6 is 11.8 Å². The highest BCUT2D eigenvalue weighted by Crippen LogP contribution is 2.66. The second kappa shape index (κ2) is 20.1. The molecular formula is C73H52N2S. The lowest BCUT2D eigenvalue weighted by Crippen LogP contribution is -2.34. The molecule has 0 radical (unpaired) electrons. The molecule has 1 unspecified atom stereocenters. The standard InChI is InChI=1S/C73H52N2S/c1-2-3-32-60(51-52-24-8-4-9-25-52)74(58-47-43-55(44-48-58)53-26-10-5-11-27-53)69-41-23-38-66-72(69)76-70-42-21-19-37-65(70)73(66)64-36-18-16-34-62(64)63-35-22-40-68(71(63)73)75(59-49-45-56(46-50-59)54-28-12-6-13-29-54)67-39-20-17-33-61(67)57-30-14-7-15-31-57/h2-51H,1H2/b32-3-,60-51+. The fourth-order valence-corrected chi connectivity index (χ4v) is 12.9. The third kappa shape index (κ3) is 8.10. The van der Waals surface area contributed by atoms with Gasteiger partial charge in [-0.2, -0.15) is 0 Å². The van der Waals surface area contributed by atoms with E-state index in [2.05, 4.69) is 308 Å². The van der Waals surface area contributed by atoms with Crippen LogP contribution in [0.2, 0.25) is 0 Å². The van der Waals surface area contributed by atoms with Crippen LogP contribution in [0.15, 0.2) is 319 Å². The third-order valence-corrected chi connectivity index (χ3v) is 16.1. The Morgan fingerprint density at radius 1 is 0.382 bits per heavy atom. The van der Waals surface area contributed by atoms with Gasteiger partial charge in [0.25, 0.3) is 0 Å². The van der Waals surface area contributed by atoms with Gasteiger partial charge in [-0.15, -0.1) is 0 Å². The Hall–Kier alpha value is -9.41. The molecule has 3 heteroatoms. The number of fused-ring (bicyclic) bond motifs is 9. The molecule has 1 aliphatic heterocycles. The zero-order valence-electron chi connectivity index (χ0n) is 41.9. The molecule has 76 heavy (non-hydrogen) atoms. The van der Waals surface area contributed by atoms with E-state index in [1.165, 1.54) is 59.9 Å². The minimum atomic E-state index is -0.747. The average Bonchev–Trinajstić information content (AvgIpc) is 3.80. The molecule has 0 fully saturated rings. The topological polar surface area (TPSA) is 6.48 Å². The van der Waals surface area contributed by atoms with E-state index < -0.39 is 5.41 Å². The number of hydrogen-bond acceptors (Lipinski definition) is 3. The van der Waals surface area contributed by atoms with Gasteiger partial charge in [0.2, 0.25) is 0 Å². The highest BCUT2D eigenvalue weighted by molar-refractivity contribution is 7.99. The van der Waals surface area contributed by atoms with Gasteiger partial charge in [-0.25, -0.2) is 0 Å². The Morgan fingerprint density at radius 3 is 1.54 bits per heavy atom. The molecule has 11 aromatic rings. The Morgan fingerprint density at radius 2 is 0.868 bits per heavy atom. The highest BCUT2D eigenvalue weighted by atomic mass is 32.2. The summed E-state index contributed by atoms with van der Waals surface area (Å²) < 4.78 is 0. The minimum absolute atomic E-state index is 0.747. The number of anilines is 5. The van der Waals surface area contributed by atoms with Crippen molar-refractivity contribution in [2.45, 2.75) is 15.2 Å². The Kier molecular flexibility index (Phi) is 12.3. The van der Waals surface area contributed by atoms with E-state index in [-0.39, 0.29) is 0 Å². The molecule has 1 aliphatic carbocycles. The largest absolute Gasteiger partial charge is 0.310 e. The van der Waals surface area contributed by atoms with Crippen molar-refractivity contribution in [1.29, 1.82) is 0 Å². The van der Waals surface area contributed by atoms with Crippen molar-refractivity contribution in [3.63, 3.8) is 0 Å². The maximum absolute atomic E-state index is 4.14. The molecule has 11 aromatic carbocycles. The first-order valence-corrected chi connectivity index (χ1v) is 26.8. The summed E-state index contributed by atoms with van der Waals surface area (Å²) in [5.41, 5.74) is 21.3. The summed E-state index contributed by atoms with van der Waals surface area (Å²) >= 11 is 1.87. The fraction of sp³-hybridized carbons (Fsp3) is 0.0137. The van der Waals surface area contributed by atoms with Crippen LogP contribution in [0.4, 0.5) is 28.4 Å². The summed E-state index contributed by atoms with van der Waals surface area (Å²) in [6.45, 7) is 4.14. The Bertz CT molecular complexity index is 3960. The first kappa shape index (κ1) is 46.4. The molecule has 0 saturated heterocycles. The van der Waals surface area contributed by atoms with E-state index in [0.717, 1.165) is 56.4 Å². The van der Waals surface area contributed by atoms with Crippen LogP contribution in [-0.4, -0.2) is 0 Å². The zero-order chi connectivity index (χ0) is 50.8. The van der Waals surface area contributed by atoms with Crippen molar-refractivity contribution in [2.75, 3.05) is 9.80 Å². The molecule has 0 bridgehead atoms. The molecule has 1 spiro atoms. The van der Waals surface area contributed by atoms with Crippen LogP contribution in [0.25, 0.3) is 50.6 Å². The van der Waals surface area contributed by atoms with Gasteiger partial charge in [0, 0.05) is 38.0 Å². The van der Waals surface area contributed by atoms with E-state index in [9.17, 15) is 0 Å². The maximum atomic E-state index is 4.14. The quantitative estimate of drug-likeness (QED) is 0.113. The SMILES string of the molecule is C=C/C=C\C(=C/c1ccccc1)N(c1ccc(-c2ccccc2)cc1)c1cccc2c1Sc1ccccc1C21c2ccccc2-c2cccc(N(c3ccc(-c4ccccc4)cc3)c3ccccc3-c3ccccc3)c21. The second-order valence-electron chi connectivity index (χ2n) is 19.2. The smallest absolute Gasteiger partial charge is 0.0756 e. The first-order chi connectivity index (χ1) is 37.7. The molecule has 0 amide bonds. The molecular weight excluding hydrogens is 937 g/mol. The zero-order valence-corrected chi connectivity index (χ0v) is 42.7. The van der Waals surface area contributed by atoms with Gasteiger partial charge in [-0.3, -0.25) is 0 Å². The summed E-state index contributed by atoms with van der Waals surface area (Å²) in [6.07, 6.45) is 8.38. The van der Waals surface area contributed by atoms with E-state index in [1.807, 2.05) is 23.9 Å². The number of nitrogens with zero attached hydrogens (tertiary/aromatic N) is 2. The lowest BCUT2D eigenvalue weighted by molar-refractivity contribution is 0.722. The number of benzene rings is 11. The lowest BCUT2D eigenvalue weighted by atomic mass is 9.66. The van der Waals surface area contributed by atoms with Crippen LogP contribution in [0.5, 0.6) is 0 Å². The van der Waals surface area contributed by atoms with E-state index in [0.29, 0.717) is 0 Å². The monoisotopic (exact) mass is 988 g/mol. The molecule has 1 heterocycles. The number of rotatable bonds is 12. The molecule has 2 nitrogen and oxygen atoms in total. The van der Waals surface area contributed by atoms with Crippen molar-refractivity contribution in [3.05, 3.63) is 337 Å². The first-order valence-electron chi connectivity index (χ1n) is 25.9. The molecule has 360 valence electrons. The van der Waals surface area contributed by atoms with Gasteiger partial charge in [0.15, 0.2) is 0 Å². The molecule has 0 N–H and O–H groups in total. The summed E-state index contributed by atoms with van der Waals surface area (Å²) in [5.74, 6) is 0. The Balaban J connectivity index is 1.10. The molecule has 13 rings (SSSR count). The van der Waals surface area contributed by atoms with Crippen molar-refractivity contribution < 1.29 is 0 Å².